The molecule has 22 heavy (non-hydrogen) atoms. The van der Waals surface area contributed by atoms with E-state index >= 15 is 0 Å². The summed E-state index contributed by atoms with van der Waals surface area (Å²) in [6.45, 7) is 2.09. The molecule has 3 rings (SSSR count). The maximum Gasteiger partial charge on any atom is 0.162 e. The largest absolute Gasteiger partial charge is 0.294 e. The second-order valence-corrected chi connectivity index (χ2v) is 6.93. The van der Waals surface area contributed by atoms with Gasteiger partial charge in [0.05, 0.1) is 0 Å². The zero-order chi connectivity index (χ0) is 15.5. The highest BCUT2D eigenvalue weighted by molar-refractivity contribution is 9.10. The predicted molar refractivity (Wildman–Crippen MR) is 94.7 cm³/mol. The van der Waals surface area contributed by atoms with Crippen LogP contribution in [0.1, 0.15) is 29.5 Å². The van der Waals surface area contributed by atoms with Crippen molar-refractivity contribution >= 4 is 27.8 Å². The molecular formula is C20H19BrO. The van der Waals surface area contributed by atoms with Gasteiger partial charge in [-0.3, -0.25) is 4.79 Å². The van der Waals surface area contributed by atoms with Crippen molar-refractivity contribution in [2.75, 3.05) is 0 Å². The predicted octanol–water partition coefficient (Wildman–Crippen LogP) is 5.36. The topological polar surface area (TPSA) is 17.1 Å². The minimum atomic E-state index is 0.143. The number of Topliss-reactive ketones (excluding diaryl/α,β-unsaturated/α-hetero) is 1. The van der Waals surface area contributed by atoms with Gasteiger partial charge in [0.15, 0.2) is 5.78 Å². The fourth-order valence-electron chi connectivity index (χ4n) is 2.95. The van der Waals surface area contributed by atoms with Crippen LogP contribution in [-0.4, -0.2) is 5.78 Å². The highest BCUT2D eigenvalue weighted by atomic mass is 79.9. The minimum absolute atomic E-state index is 0.143. The molecule has 2 heteroatoms. The van der Waals surface area contributed by atoms with Gasteiger partial charge in [0, 0.05) is 10.4 Å². The van der Waals surface area contributed by atoms with Gasteiger partial charge >= 0.3 is 0 Å². The Labute approximate surface area is 140 Å². The van der Waals surface area contributed by atoms with E-state index in [-0.39, 0.29) is 5.92 Å². The standard InChI is InChI=1S/C20H19BrO/c1-14-2-4-15(5-3-14)12-17-8-9-18(20(17)22)13-16-6-10-19(21)11-7-16/h2-7,10-11,13,17H,8-9,12H2,1H3/b18-13+. The molecule has 1 nitrogen and oxygen atoms in total. The zero-order valence-corrected chi connectivity index (χ0v) is 14.3. The summed E-state index contributed by atoms with van der Waals surface area (Å²) in [5.74, 6) is 0.466. The Morgan fingerprint density at radius 1 is 1.09 bits per heavy atom. The molecule has 0 N–H and O–H groups in total. The lowest BCUT2D eigenvalue weighted by atomic mass is 9.96. The van der Waals surface area contributed by atoms with E-state index in [2.05, 4.69) is 47.1 Å². The maximum atomic E-state index is 12.6. The van der Waals surface area contributed by atoms with E-state index in [0.717, 1.165) is 34.9 Å². The van der Waals surface area contributed by atoms with Crippen molar-refractivity contribution in [2.24, 2.45) is 5.92 Å². The lowest BCUT2D eigenvalue weighted by Gasteiger charge is -2.08. The van der Waals surface area contributed by atoms with Crippen molar-refractivity contribution in [3.63, 3.8) is 0 Å². The highest BCUT2D eigenvalue weighted by Crippen LogP contribution is 2.31. The first kappa shape index (κ1) is 15.2. The lowest BCUT2D eigenvalue weighted by Crippen LogP contribution is -2.10. The van der Waals surface area contributed by atoms with Crippen LogP contribution in [0.15, 0.2) is 58.6 Å². The summed E-state index contributed by atoms with van der Waals surface area (Å²) in [5, 5.41) is 0. The lowest BCUT2D eigenvalue weighted by molar-refractivity contribution is -0.117. The third-order valence-corrected chi connectivity index (χ3v) is 4.79. The molecule has 0 spiro atoms. The number of hydrogen-bond acceptors (Lipinski definition) is 1. The number of ketones is 1. The number of rotatable bonds is 3. The van der Waals surface area contributed by atoms with Crippen LogP contribution in [-0.2, 0) is 11.2 Å². The summed E-state index contributed by atoms with van der Waals surface area (Å²) in [6, 6.07) is 16.6. The van der Waals surface area contributed by atoms with E-state index in [1.54, 1.807) is 0 Å². The Balaban J connectivity index is 1.71. The normalized spacial score (nSPS) is 19.8. The van der Waals surface area contributed by atoms with Gasteiger partial charge in [-0.25, -0.2) is 0 Å². The molecule has 0 heterocycles. The van der Waals surface area contributed by atoms with Crippen LogP contribution in [0.3, 0.4) is 0 Å². The van der Waals surface area contributed by atoms with E-state index in [0.29, 0.717) is 5.78 Å². The van der Waals surface area contributed by atoms with Gasteiger partial charge in [-0.1, -0.05) is 57.9 Å². The van der Waals surface area contributed by atoms with Gasteiger partial charge in [-0.15, -0.1) is 0 Å². The van der Waals surface area contributed by atoms with Gasteiger partial charge in [0.1, 0.15) is 0 Å². The Bertz CT molecular complexity index is 695. The average molecular weight is 355 g/mol. The second-order valence-electron chi connectivity index (χ2n) is 6.01. The molecular weight excluding hydrogens is 336 g/mol. The maximum absolute atomic E-state index is 12.6. The van der Waals surface area contributed by atoms with Crippen LogP contribution in [0, 0.1) is 12.8 Å². The third kappa shape index (κ3) is 3.56. The molecule has 1 aliphatic rings. The van der Waals surface area contributed by atoms with Crippen LogP contribution >= 0.6 is 15.9 Å². The van der Waals surface area contributed by atoms with Gasteiger partial charge in [0.25, 0.3) is 0 Å². The van der Waals surface area contributed by atoms with Crippen molar-refractivity contribution in [3.05, 3.63) is 75.3 Å². The zero-order valence-electron chi connectivity index (χ0n) is 12.7. The fraction of sp³-hybridized carbons (Fsp3) is 0.250. The van der Waals surface area contributed by atoms with Crippen molar-refractivity contribution < 1.29 is 4.79 Å². The van der Waals surface area contributed by atoms with Gasteiger partial charge in [-0.2, -0.15) is 0 Å². The molecule has 0 saturated heterocycles. The Morgan fingerprint density at radius 3 is 2.45 bits per heavy atom. The first-order valence-electron chi connectivity index (χ1n) is 7.68. The van der Waals surface area contributed by atoms with E-state index in [4.69, 9.17) is 0 Å². The molecule has 1 saturated carbocycles. The summed E-state index contributed by atoms with van der Waals surface area (Å²) in [4.78, 5) is 12.6. The van der Waals surface area contributed by atoms with Crippen LogP contribution in [0.2, 0.25) is 0 Å². The third-order valence-electron chi connectivity index (χ3n) is 4.26. The summed E-state index contributed by atoms with van der Waals surface area (Å²) in [6.07, 6.45) is 4.77. The molecule has 0 radical (unpaired) electrons. The summed E-state index contributed by atoms with van der Waals surface area (Å²) < 4.78 is 1.06. The molecule has 0 bridgehead atoms. The number of halogens is 1. The van der Waals surface area contributed by atoms with Crippen LogP contribution in [0.4, 0.5) is 0 Å². The highest BCUT2D eigenvalue weighted by Gasteiger charge is 2.29. The Kier molecular flexibility index (Phi) is 4.58. The SMILES string of the molecule is Cc1ccc(CC2CC/C(=C\c3ccc(Br)cc3)C2=O)cc1. The summed E-state index contributed by atoms with van der Waals surface area (Å²) in [7, 11) is 0. The number of hydrogen-bond donors (Lipinski definition) is 0. The summed E-state index contributed by atoms with van der Waals surface area (Å²) >= 11 is 3.43. The molecule has 1 fully saturated rings. The van der Waals surface area contributed by atoms with Crippen LogP contribution in [0.5, 0.6) is 0 Å². The Morgan fingerprint density at radius 2 is 1.77 bits per heavy atom. The molecule has 1 aliphatic carbocycles. The van der Waals surface area contributed by atoms with Crippen molar-refractivity contribution in [2.45, 2.75) is 26.2 Å². The number of benzene rings is 2. The Hall–Kier alpha value is -1.67. The first-order valence-corrected chi connectivity index (χ1v) is 8.47. The van der Waals surface area contributed by atoms with Gasteiger partial charge in [0.2, 0.25) is 0 Å². The molecule has 0 amide bonds. The quantitative estimate of drug-likeness (QED) is 0.677. The minimum Gasteiger partial charge on any atom is -0.294 e. The molecule has 2 aromatic rings. The smallest absolute Gasteiger partial charge is 0.162 e. The molecule has 1 atom stereocenters. The first-order chi connectivity index (χ1) is 10.6. The number of carbonyl (C=O) groups is 1. The second kappa shape index (κ2) is 6.62. The van der Waals surface area contributed by atoms with E-state index in [9.17, 15) is 4.79 Å². The van der Waals surface area contributed by atoms with Crippen molar-refractivity contribution in [1.82, 2.24) is 0 Å². The van der Waals surface area contributed by atoms with Gasteiger partial charge < -0.3 is 0 Å². The number of allylic oxidation sites excluding steroid dienone is 1. The van der Waals surface area contributed by atoms with Crippen LogP contribution < -0.4 is 0 Å². The molecule has 1 unspecified atom stereocenters. The molecule has 2 aromatic carbocycles. The van der Waals surface area contributed by atoms with E-state index < -0.39 is 0 Å². The van der Waals surface area contributed by atoms with Crippen molar-refractivity contribution in [3.8, 4) is 0 Å². The van der Waals surface area contributed by atoms with Gasteiger partial charge in [-0.05, 0) is 61.1 Å². The number of aryl methyl sites for hydroxylation is 1. The fourth-order valence-corrected chi connectivity index (χ4v) is 3.22. The monoisotopic (exact) mass is 354 g/mol. The van der Waals surface area contributed by atoms with Crippen molar-refractivity contribution in [1.29, 1.82) is 0 Å². The van der Waals surface area contributed by atoms with E-state index in [1.165, 1.54) is 11.1 Å². The van der Waals surface area contributed by atoms with Crippen LogP contribution in [0.25, 0.3) is 6.08 Å². The molecule has 0 aliphatic heterocycles. The average Bonchev–Trinajstić information content (AvgIpc) is 2.85. The summed E-state index contributed by atoms with van der Waals surface area (Å²) in [5.41, 5.74) is 4.59. The molecule has 0 aromatic heterocycles. The molecule has 112 valence electrons. The van der Waals surface area contributed by atoms with E-state index in [1.807, 2.05) is 30.3 Å². The number of carbonyl (C=O) groups excluding carboxylic acids is 1.